The minimum Gasteiger partial charge on any atom is -0.493 e. The normalized spacial score (nSPS) is 26.9. The van der Waals surface area contributed by atoms with Crippen LogP contribution >= 0.6 is 27.3 Å². The number of halogens is 1. The topological polar surface area (TPSA) is 71.4 Å². The van der Waals surface area contributed by atoms with Crippen LogP contribution in [0.4, 0.5) is 5.69 Å². The maximum absolute atomic E-state index is 12.3. The van der Waals surface area contributed by atoms with E-state index in [-0.39, 0.29) is 5.88 Å². The van der Waals surface area contributed by atoms with Gasteiger partial charge in [-0.1, -0.05) is 42.8 Å². The molecule has 1 aliphatic heterocycles. The molecule has 2 fully saturated rings. The van der Waals surface area contributed by atoms with Gasteiger partial charge in [0.2, 0.25) is 5.88 Å². The van der Waals surface area contributed by atoms with E-state index in [9.17, 15) is 9.90 Å². The molecule has 1 saturated carbocycles. The number of quaternary nitrogens is 1. The summed E-state index contributed by atoms with van der Waals surface area (Å²) < 4.78 is 2.83. The SMILES string of the molecule is CC1(C)C[C@H]2C[C@](C)(C[NH+]2Cn2c(O)c(N=NC(=O)c3cccs3)c3cc(Br)ccc32)C1. The summed E-state index contributed by atoms with van der Waals surface area (Å²) in [5, 5.41) is 21.9. The molecule has 32 heavy (non-hydrogen) atoms. The van der Waals surface area contributed by atoms with Gasteiger partial charge in [-0.15, -0.1) is 21.6 Å². The number of aromatic nitrogens is 1. The Labute approximate surface area is 200 Å². The van der Waals surface area contributed by atoms with Crippen molar-refractivity contribution in [1.29, 1.82) is 0 Å². The van der Waals surface area contributed by atoms with Crippen LogP contribution in [0.1, 0.15) is 49.7 Å². The Bertz CT molecular complexity index is 1220. The zero-order valence-corrected chi connectivity index (χ0v) is 21.0. The molecule has 1 saturated heterocycles. The zero-order chi connectivity index (χ0) is 22.7. The number of nitrogens with one attached hydrogen (secondary N) is 1. The van der Waals surface area contributed by atoms with Gasteiger partial charge in [0.15, 0.2) is 12.4 Å². The highest BCUT2D eigenvalue weighted by Crippen LogP contribution is 2.47. The molecule has 2 aliphatic rings. The molecular formula is C24H28BrN4O2S+. The number of aromatic hydroxyl groups is 1. The molecule has 3 heterocycles. The first-order valence-electron chi connectivity index (χ1n) is 11.0. The van der Waals surface area contributed by atoms with Crippen LogP contribution < -0.4 is 4.90 Å². The fourth-order valence-electron chi connectivity index (χ4n) is 6.24. The van der Waals surface area contributed by atoms with E-state index in [2.05, 4.69) is 46.9 Å². The molecule has 2 aromatic heterocycles. The van der Waals surface area contributed by atoms with Gasteiger partial charge in [-0.25, -0.2) is 0 Å². The van der Waals surface area contributed by atoms with Crippen LogP contribution in [0.2, 0.25) is 0 Å². The van der Waals surface area contributed by atoms with Crippen LogP contribution in [0, 0.1) is 10.8 Å². The fourth-order valence-corrected chi connectivity index (χ4v) is 7.20. The van der Waals surface area contributed by atoms with Gasteiger partial charge in [0.25, 0.3) is 0 Å². The lowest BCUT2D eigenvalue weighted by Crippen LogP contribution is -3.13. The van der Waals surface area contributed by atoms with Crippen molar-refractivity contribution < 1.29 is 14.8 Å². The Morgan fingerprint density at radius 3 is 2.88 bits per heavy atom. The number of carbonyl (C=O) groups excluding carboxylic acids is 1. The average molecular weight is 516 g/mol. The molecule has 8 heteroatoms. The predicted molar refractivity (Wildman–Crippen MR) is 130 cm³/mol. The Balaban J connectivity index is 1.50. The number of nitrogens with zero attached hydrogens (tertiary/aromatic N) is 3. The van der Waals surface area contributed by atoms with Crippen LogP contribution in [0.5, 0.6) is 5.88 Å². The van der Waals surface area contributed by atoms with Crippen molar-refractivity contribution in [2.75, 3.05) is 6.54 Å². The molecule has 3 atom stereocenters. The largest absolute Gasteiger partial charge is 0.493 e. The van der Waals surface area contributed by atoms with Gasteiger partial charge in [0.05, 0.1) is 23.0 Å². The predicted octanol–water partition coefficient (Wildman–Crippen LogP) is 5.54. The van der Waals surface area contributed by atoms with Crippen molar-refractivity contribution in [3.63, 3.8) is 0 Å². The third kappa shape index (κ3) is 3.93. The van der Waals surface area contributed by atoms with Gasteiger partial charge >= 0.3 is 5.91 Å². The first-order valence-corrected chi connectivity index (χ1v) is 12.7. The number of amides is 1. The Morgan fingerprint density at radius 1 is 1.31 bits per heavy atom. The first-order chi connectivity index (χ1) is 15.1. The smallest absolute Gasteiger partial charge is 0.305 e. The highest BCUT2D eigenvalue weighted by Gasteiger charge is 2.52. The van der Waals surface area contributed by atoms with E-state index in [0.717, 1.165) is 21.9 Å². The summed E-state index contributed by atoms with van der Waals surface area (Å²) in [6.45, 7) is 8.95. The van der Waals surface area contributed by atoms with Gasteiger partial charge in [-0.05, 0) is 41.5 Å². The maximum Gasteiger partial charge on any atom is 0.305 e. The van der Waals surface area contributed by atoms with Crippen molar-refractivity contribution in [2.24, 2.45) is 21.1 Å². The van der Waals surface area contributed by atoms with E-state index >= 15 is 0 Å². The second-order valence-corrected chi connectivity index (χ2v) is 12.4. The molecular weight excluding hydrogens is 488 g/mol. The van der Waals surface area contributed by atoms with Crippen LogP contribution in [-0.4, -0.2) is 28.2 Å². The Hall–Kier alpha value is -2.03. The molecule has 2 bridgehead atoms. The standard InChI is InChI=1S/C24H27BrN4O2S/c1-23(2)10-16-11-24(3,12-23)13-28(16)14-29-18-7-6-15(25)9-17(18)20(22(29)31)26-27-21(30)19-5-4-8-32-19/h4-9,16,31H,10-14H2,1-3H3/p+1/t16-,24-/m0/s1. The van der Waals surface area contributed by atoms with Crippen LogP contribution in [0.15, 0.2) is 50.4 Å². The average Bonchev–Trinajstić information content (AvgIpc) is 3.37. The zero-order valence-electron chi connectivity index (χ0n) is 18.6. The summed E-state index contributed by atoms with van der Waals surface area (Å²) in [7, 11) is 0. The van der Waals surface area contributed by atoms with E-state index in [1.54, 1.807) is 6.07 Å². The second-order valence-electron chi connectivity index (χ2n) is 10.5. The molecule has 2 N–H and O–H groups in total. The molecule has 1 unspecified atom stereocenters. The minimum atomic E-state index is -0.399. The van der Waals surface area contributed by atoms with E-state index < -0.39 is 5.91 Å². The number of hydrogen-bond acceptors (Lipinski definition) is 4. The van der Waals surface area contributed by atoms with Crippen molar-refractivity contribution in [3.05, 3.63) is 45.1 Å². The number of fused-ring (bicyclic) bond motifs is 3. The summed E-state index contributed by atoms with van der Waals surface area (Å²) in [6.07, 6.45) is 3.68. The van der Waals surface area contributed by atoms with E-state index in [1.165, 1.54) is 35.5 Å². The number of rotatable bonds is 4. The molecule has 1 amide bonds. The molecule has 6 nitrogen and oxygen atoms in total. The summed E-state index contributed by atoms with van der Waals surface area (Å²) in [5.74, 6) is -0.330. The third-order valence-corrected chi connectivity index (χ3v) is 8.33. The second kappa shape index (κ2) is 7.78. The fraction of sp³-hybridized carbons (Fsp3) is 0.458. The number of carbonyl (C=O) groups is 1. The van der Waals surface area contributed by atoms with E-state index in [1.807, 2.05) is 34.2 Å². The number of likely N-dealkylation sites (tertiary alicyclic amines) is 1. The lowest BCUT2D eigenvalue weighted by molar-refractivity contribution is -0.936. The summed E-state index contributed by atoms with van der Waals surface area (Å²) in [6, 6.07) is 10.0. The van der Waals surface area contributed by atoms with E-state index in [4.69, 9.17) is 0 Å². The van der Waals surface area contributed by atoms with Crippen molar-refractivity contribution in [1.82, 2.24) is 4.57 Å². The molecule has 1 aliphatic carbocycles. The van der Waals surface area contributed by atoms with Gasteiger partial charge in [-0.2, -0.15) is 0 Å². The number of hydrogen-bond donors (Lipinski definition) is 2. The number of thiophene rings is 1. The van der Waals surface area contributed by atoms with Gasteiger partial charge in [0.1, 0.15) is 0 Å². The number of azo groups is 1. The maximum atomic E-state index is 12.3. The highest BCUT2D eigenvalue weighted by molar-refractivity contribution is 9.10. The van der Waals surface area contributed by atoms with Crippen molar-refractivity contribution in [3.8, 4) is 5.88 Å². The summed E-state index contributed by atoms with van der Waals surface area (Å²) in [4.78, 5) is 14.4. The molecule has 0 spiro atoms. The van der Waals surface area contributed by atoms with Crippen LogP contribution in [-0.2, 0) is 6.67 Å². The van der Waals surface area contributed by atoms with Crippen LogP contribution in [0.25, 0.3) is 10.9 Å². The molecule has 168 valence electrons. The van der Waals surface area contributed by atoms with Crippen molar-refractivity contribution >= 4 is 49.8 Å². The molecule has 1 aromatic carbocycles. The Kier molecular flexibility index (Phi) is 5.30. The lowest BCUT2D eigenvalue weighted by atomic mass is 9.65. The molecule has 0 radical (unpaired) electrons. The van der Waals surface area contributed by atoms with Crippen molar-refractivity contribution in [2.45, 2.75) is 52.7 Å². The molecule has 3 aromatic rings. The Morgan fingerprint density at radius 2 is 2.12 bits per heavy atom. The van der Waals surface area contributed by atoms with E-state index in [0.29, 0.717) is 34.1 Å². The quantitative estimate of drug-likeness (QED) is 0.448. The monoisotopic (exact) mass is 515 g/mol. The van der Waals surface area contributed by atoms with Gasteiger partial charge < -0.3 is 10.0 Å². The highest BCUT2D eigenvalue weighted by atomic mass is 79.9. The first kappa shape index (κ1) is 21.8. The van der Waals surface area contributed by atoms with Gasteiger partial charge in [-0.3, -0.25) is 9.36 Å². The third-order valence-electron chi connectivity index (χ3n) is 6.98. The summed E-state index contributed by atoms with van der Waals surface area (Å²) in [5.41, 5.74) is 1.95. The van der Waals surface area contributed by atoms with Gasteiger partial charge in [0, 0.05) is 28.1 Å². The summed E-state index contributed by atoms with van der Waals surface area (Å²) >= 11 is 4.85. The molecule has 5 rings (SSSR count). The lowest BCUT2D eigenvalue weighted by Gasteiger charge is -2.37. The number of benzene rings is 1. The van der Waals surface area contributed by atoms with Crippen LogP contribution in [0.3, 0.4) is 0 Å². The minimum absolute atomic E-state index is 0.0687.